The quantitative estimate of drug-likeness (QED) is 0.678. The van der Waals surface area contributed by atoms with Gasteiger partial charge < -0.3 is 9.72 Å². The van der Waals surface area contributed by atoms with E-state index in [0.717, 1.165) is 0 Å². The van der Waals surface area contributed by atoms with E-state index in [4.69, 9.17) is 16.3 Å². The molecule has 0 amide bonds. The van der Waals surface area contributed by atoms with Gasteiger partial charge in [0, 0.05) is 22.4 Å². The second kappa shape index (κ2) is 6.01. The fourth-order valence-corrected chi connectivity index (χ4v) is 2.51. The zero-order chi connectivity index (χ0) is 16.6. The highest BCUT2D eigenvalue weighted by Crippen LogP contribution is 2.39. The lowest BCUT2D eigenvalue weighted by atomic mass is 10.1. The van der Waals surface area contributed by atoms with Gasteiger partial charge in [-0.1, -0.05) is 18.5 Å². The maximum atomic E-state index is 14.1. The Labute approximate surface area is 135 Å². The van der Waals surface area contributed by atoms with Gasteiger partial charge in [0.25, 0.3) is 0 Å². The maximum absolute atomic E-state index is 14.1. The molecule has 1 N–H and O–H groups in total. The Kier molecular flexibility index (Phi) is 4.05. The molecule has 3 rings (SSSR count). The third-order valence-electron chi connectivity index (χ3n) is 3.41. The summed E-state index contributed by atoms with van der Waals surface area (Å²) in [6.45, 7) is 1.66. The molecule has 0 aliphatic carbocycles. The Hall–Kier alpha value is -2.40. The Morgan fingerprint density at radius 1 is 1.22 bits per heavy atom. The summed E-state index contributed by atoms with van der Waals surface area (Å²) in [6.07, 6.45) is 0.165. The predicted molar refractivity (Wildman–Crippen MR) is 84.6 cm³/mol. The lowest BCUT2D eigenvalue weighted by Crippen LogP contribution is -2.06. The number of H-pyrrole nitrogens is 1. The molecule has 118 valence electrons. The first-order valence-electron chi connectivity index (χ1n) is 6.97. The van der Waals surface area contributed by atoms with Crippen LogP contribution < -0.4 is 4.74 Å². The fraction of sp³-hybridized carbons (Fsp3) is 0.118. The molecule has 0 radical (unpaired) electrons. The van der Waals surface area contributed by atoms with E-state index in [1.807, 2.05) is 0 Å². The molecule has 0 bridgehead atoms. The van der Waals surface area contributed by atoms with Crippen molar-refractivity contribution in [2.45, 2.75) is 13.3 Å². The number of esters is 1. The van der Waals surface area contributed by atoms with Gasteiger partial charge in [-0.05, 0) is 36.4 Å². The smallest absolute Gasteiger partial charge is 0.310 e. The number of hydrogen-bond donors (Lipinski definition) is 1. The molecule has 1 aromatic heterocycles. The van der Waals surface area contributed by atoms with Crippen LogP contribution in [-0.2, 0) is 4.79 Å². The monoisotopic (exact) mass is 335 g/mol. The van der Waals surface area contributed by atoms with Crippen molar-refractivity contribution in [3.8, 4) is 17.0 Å². The number of carbonyl (C=O) groups is 1. The Morgan fingerprint density at radius 2 is 1.91 bits per heavy atom. The third kappa shape index (κ3) is 2.92. The second-order valence-electron chi connectivity index (χ2n) is 4.97. The highest BCUT2D eigenvalue weighted by Gasteiger charge is 2.20. The number of benzene rings is 2. The molecule has 0 spiro atoms. The minimum Gasteiger partial charge on any atom is -0.424 e. The number of nitrogens with one attached hydrogen (secondary N) is 1. The van der Waals surface area contributed by atoms with Crippen LogP contribution in [0.1, 0.15) is 13.3 Å². The summed E-state index contributed by atoms with van der Waals surface area (Å²) in [6, 6.07) is 8.26. The van der Waals surface area contributed by atoms with Crippen LogP contribution in [0, 0.1) is 11.6 Å². The first-order chi connectivity index (χ1) is 11.0. The fourth-order valence-electron chi connectivity index (χ4n) is 2.31. The van der Waals surface area contributed by atoms with Crippen LogP contribution in [-0.4, -0.2) is 11.0 Å². The van der Waals surface area contributed by atoms with Gasteiger partial charge in [-0.3, -0.25) is 4.79 Å². The molecular formula is C17H12ClF2NO2. The highest BCUT2D eigenvalue weighted by molar-refractivity contribution is 6.31. The van der Waals surface area contributed by atoms with Crippen molar-refractivity contribution >= 4 is 28.5 Å². The topological polar surface area (TPSA) is 42.1 Å². The van der Waals surface area contributed by atoms with Gasteiger partial charge >= 0.3 is 5.97 Å². The van der Waals surface area contributed by atoms with Gasteiger partial charge in [-0.2, -0.15) is 0 Å². The summed E-state index contributed by atoms with van der Waals surface area (Å²) in [5, 5.41) is 0.546. The van der Waals surface area contributed by atoms with Crippen LogP contribution in [0.2, 0.25) is 5.02 Å². The average molecular weight is 336 g/mol. The van der Waals surface area contributed by atoms with Crippen molar-refractivity contribution < 1.29 is 18.3 Å². The maximum Gasteiger partial charge on any atom is 0.310 e. The Balaban J connectivity index is 2.26. The summed E-state index contributed by atoms with van der Waals surface area (Å²) < 4.78 is 32.6. The molecule has 2 aromatic carbocycles. The van der Waals surface area contributed by atoms with Gasteiger partial charge in [0.05, 0.1) is 11.2 Å². The zero-order valence-electron chi connectivity index (χ0n) is 12.1. The van der Waals surface area contributed by atoms with Crippen molar-refractivity contribution in [3.63, 3.8) is 0 Å². The molecule has 0 aliphatic heterocycles. The molecule has 3 nitrogen and oxygen atoms in total. The molecular weight excluding hydrogens is 324 g/mol. The minimum atomic E-state index is -0.561. The summed E-state index contributed by atoms with van der Waals surface area (Å²) in [4.78, 5) is 14.6. The summed E-state index contributed by atoms with van der Waals surface area (Å²) >= 11 is 5.90. The SMILES string of the molecule is CCC(=O)Oc1c(-c2ccc(F)cc2)[nH]c2c(F)cc(Cl)cc12. The first kappa shape index (κ1) is 15.5. The van der Waals surface area contributed by atoms with Crippen molar-refractivity contribution in [2.24, 2.45) is 0 Å². The number of halogens is 3. The van der Waals surface area contributed by atoms with Crippen LogP contribution in [0.25, 0.3) is 22.2 Å². The Bertz CT molecular complexity index is 888. The summed E-state index contributed by atoms with van der Waals surface area (Å²) in [7, 11) is 0. The van der Waals surface area contributed by atoms with Crippen LogP contribution >= 0.6 is 11.6 Å². The molecule has 0 saturated heterocycles. The van der Waals surface area contributed by atoms with Crippen LogP contribution in [0.5, 0.6) is 5.75 Å². The summed E-state index contributed by atoms with van der Waals surface area (Å²) in [5.41, 5.74) is 1.13. The number of aromatic amines is 1. The van der Waals surface area contributed by atoms with Crippen molar-refractivity contribution in [1.29, 1.82) is 0 Å². The van der Waals surface area contributed by atoms with E-state index in [1.165, 1.54) is 36.4 Å². The highest BCUT2D eigenvalue weighted by atomic mass is 35.5. The Morgan fingerprint density at radius 3 is 2.57 bits per heavy atom. The standard InChI is InChI=1S/C17H12ClF2NO2/c1-2-14(22)23-17-12-7-10(18)8-13(20)16(12)21-15(17)9-3-5-11(19)6-4-9/h3-8,21H,2H2,1H3. The third-order valence-corrected chi connectivity index (χ3v) is 3.63. The predicted octanol–water partition coefficient (Wildman–Crippen LogP) is 5.08. The van der Waals surface area contributed by atoms with Crippen LogP contribution in [0.4, 0.5) is 8.78 Å². The van der Waals surface area contributed by atoms with E-state index in [0.29, 0.717) is 16.6 Å². The van der Waals surface area contributed by atoms with E-state index >= 15 is 0 Å². The van der Waals surface area contributed by atoms with Crippen molar-refractivity contribution in [1.82, 2.24) is 4.98 Å². The molecule has 0 aliphatic rings. The van der Waals surface area contributed by atoms with Gasteiger partial charge in [-0.15, -0.1) is 0 Å². The lowest BCUT2D eigenvalue weighted by Gasteiger charge is -2.06. The normalized spacial score (nSPS) is 11.0. The zero-order valence-corrected chi connectivity index (χ0v) is 12.9. The van der Waals surface area contributed by atoms with E-state index in [2.05, 4.69) is 4.98 Å². The van der Waals surface area contributed by atoms with Crippen molar-refractivity contribution in [3.05, 3.63) is 53.1 Å². The molecule has 0 fully saturated rings. The number of carbonyl (C=O) groups excluding carboxylic acids is 1. The molecule has 1 heterocycles. The molecule has 0 saturated carbocycles. The molecule has 0 atom stereocenters. The molecule has 0 unspecified atom stereocenters. The number of hydrogen-bond acceptors (Lipinski definition) is 2. The molecule has 3 aromatic rings. The average Bonchev–Trinajstić information content (AvgIpc) is 2.87. The van der Waals surface area contributed by atoms with Gasteiger partial charge in [-0.25, -0.2) is 8.78 Å². The summed E-state index contributed by atoms with van der Waals surface area (Å²) in [5.74, 6) is -1.24. The first-order valence-corrected chi connectivity index (χ1v) is 7.34. The van der Waals surface area contributed by atoms with Gasteiger partial charge in [0.2, 0.25) is 0 Å². The minimum absolute atomic E-state index is 0.165. The van der Waals surface area contributed by atoms with Gasteiger partial charge in [0.1, 0.15) is 11.6 Å². The van der Waals surface area contributed by atoms with E-state index in [1.54, 1.807) is 6.92 Å². The molecule has 6 heteroatoms. The number of aromatic nitrogens is 1. The van der Waals surface area contributed by atoms with Crippen molar-refractivity contribution in [2.75, 3.05) is 0 Å². The van der Waals surface area contributed by atoms with E-state index in [9.17, 15) is 13.6 Å². The lowest BCUT2D eigenvalue weighted by molar-refractivity contribution is -0.133. The number of rotatable bonds is 3. The second-order valence-corrected chi connectivity index (χ2v) is 5.41. The van der Waals surface area contributed by atoms with Gasteiger partial charge in [0.15, 0.2) is 5.75 Å². The van der Waals surface area contributed by atoms with E-state index in [-0.39, 0.29) is 22.7 Å². The number of fused-ring (bicyclic) bond motifs is 1. The number of ether oxygens (including phenoxy) is 1. The van der Waals surface area contributed by atoms with Crippen LogP contribution in [0.3, 0.4) is 0 Å². The molecule has 23 heavy (non-hydrogen) atoms. The largest absolute Gasteiger partial charge is 0.424 e. The van der Waals surface area contributed by atoms with Crippen LogP contribution in [0.15, 0.2) is 36.4 Å². The van der Waals surface area contributed by atoms with E-state index < -0.39 is 17.6 Å².